The van der Waals surface area contributed by atoms with Crippen LogP contribution in [0.25, 0.3) is 10.8 Å². The van der Waals surface area contributed by atoms with Crippen LogP contribution in [-0.2, 0) is 6.54 Å². The molecule has 124 valence electrons. The van der Waals surface area contributed by atoms with Crippen molar-refractivity contribution in [2.45, 2.75) is 46.6 Å². The quantitative estimate of drug-likeness (QED) is 0.799. The van der Waals surface area contributed by atoms with Gasteiger partial charge in [-0.25, -0.2) is 4.68 Å². The van der Waals surface area contributed by atoms with Gasteiger partial charge in [0.2, 0.25) is 0 Å². The van der Waals surface area contributed by atoms with Gasteiger partial charge in [-0.3, -0.25) is 9.59 Å². The van der Waals surface area contributed by atoms with Crippen LogP contribution in [0.3, 0.4) is 0 Å². The molecule has 1 heterocycles. The topological polar surface area (TPSA) is 64.0 Å². The van der Waals surface area contributed by atoms with Crippen molar-refractivity contribution in [3.63, 3.8) is 0 Å². The summed E-state index contributed by atoms with van der Waals surface area (Å²) in [5.74, 6) is 0.0663. The number of fused-ring (bicyclic) bond motifs is 1. The molecule has 0 radical (unpaired) electrons. The third kappa shape index (κ3) is 4.18. The average Bonchev–Trinajstić information content (AvgIpc) is 2.53. The summed E-state index contributed by atoms with van der Waals surface area (Å²) in [6.07, 6.45) is 3.14. The summed E-state index contributed by atoms with van der Waals surface area (Å²) >= 11 is 0. The van der Waals surface area contributed by atoms with E-state index in [-0.39, 0.29) is 17.4 Å². The van der Waals surface area contributed by atoms with Gasteiger partial charge in [0.25, 0.3) is 11.5 Å². The zero-order valence-electron chi connectivity index (χ0n) is 14.1. The molecule has 2 aromatic rings. The molecule has 0 aliphatic carbocycles. The van der Waals surface area contributed by atoms with E-state index < -0.39 is 0 Å². The largest absolute Gasteiger partial charge is 0.351 e. The zero-order chi connectivity index (χ0) is 16.8. The molecular weight excluding hydrogens is 290 g/mol. The molecule has 5 nitrogen and oxygen atoms in total. The Bertz CT molecular complexity index is 735. The lowest BCUT2D eigenvalue weighted by molar-refractivity contribution is 0.0947. The van der Waals surface area contributed by atoms with Crippen LogP contribution in [-0.4, -0.2) is 22.2 Å². The first kappa shape index (κ1) is 17.2. The molecule has 0 saturated carbocycles. The van der Waals surface area contributed by atoms with Crippen molar-refractivity contribution < 1.29 is 4.79 Å². The molecule has 5 heteroatoms. The lowest BCUT2D eigenvalue weighted by atomic mass is 10.1. The minimum atomic E-state index is -0.213. The summed E-state index contributed by atoms with van der Waals surface area (Å²) in [6, 6.07) is 7.17. The zero-order valence-corrected chi connectivity index (χ0v) is 14.1. The molecule has 1 aromatic heterocycles. The predicted molar refractivity (Wildman–Crippen MR) is 92.7 cm³/mol. The van der Waals surface area contributed by atoms with Gasteiger partial charge in [0.05, 0.1) is 5.39 Å². The maximum absolute atomic E-state index is 12.5. The third-order valence-corrected chi connectivity index (χ3v) is 3.69. The molecule has 2 rings (SSSR count). The van der Waals surface area contributed by atoms with Crippen molar-refractivity contribution in [2.24, 2.45) is 5.92 Å². The van der Waals surface area contributed by atoms with Crippen LogP contribution in [0.15, 0.2) is 29.1 Å². The molecule has 0 aliphatic rings. The molecule has 0 aliphatic heterocycles. The summed E-state index contributed by atoms with van der Waals surface area (Å²) in [6.45, 7) is 7.30. The van der Waals surface area contributed by atoms with Crippen LogP contribution in [0, 0.1) is 5.92 Å². The normalized spacial score (nSPS) is 11.1. The molecule has 1 aromatic carbocycles. The van der Waals surface area contributed by atoms with Crippen molar-refractivity contribution in [2.75, 3.05) is 6.54 Å². The number of carbonyl (C=O) groups excluding carboxylic acids is 1. The number of aromatic nitrogens is 2. The molecule has 0 unspecified atom stereocenters. The van der Waals surface area contributed by atoms with E-state index in [9.17, 15) is 9.59 Å². The maximum atomic E-state index is 12.5. The first-order chi connectivity index (χ1) is 11.0. The molecule has 1 amide bonds. The Balaban J connectivity index is 2.39. The van der Waals surface area contributed by atoms with Crippen LogP contribution in [0.1, 0.15) is 50.5 Å². The van der Waals surface area contributed by atoms with Crippen molar-refractivity contribution in [3.05, 3.63) is 40.3 Å². The molecule has 23 heavy (non-hydrogen) atoms. The van der Waals surface area contributed by atoms with Gasteiger partial charge >= 0.3 is 0 Å². The minimum absolute atomic E-state index is 0.142. The van der Waals surface area contributed by atoms with E-state index in [1.807, 2.05) is 26.0 Å². The van der Waals surface area contributed by atoms with Crippen molar-refractivity contribution in [1.82, 2.24) is 15.1 Å². The van der Waals surface area contributed by atoms with E-state index in [4.69, 9.17) is 0 Å². The first-order valence-corrected chi connectivity index (χ1v) is 8.32. The van der Waals surface area contributed by atoms with Crippen molar-refractivity contribution >= 4 is 16.7 Å². The van der Waals surface area contributed by atoms with Crippen molar-refractivity contribution in [1.29, 1.82) is 0 Å². The van der Waals surface area contributed by atoms with E-state index in [1.54, 1.807) is 12.1 Å². The molecule has 0 fully saturated rings. The molecule has 0 atom stereocenters. The number of rotatable bonds is 7. The SMILES string of the molecule is CCCCCNC(=O)c1nn(CC(C)C)c(=O)c2ccccc12. The first-order valence-electron chi connectivity index (χ1n) is 8.32. The number of hydrogen-bond donors (Lipinski definition) is 1. The van der Waals surface area contributed by atoms with E-state index in [1.165, 1.54) is 4.68 Å². The van der Waals surface area contributed by atoms with Crippen LogP contribution in [0.2, 0.25) is 0 Å². The Morgan fingerprint density at radius 1 is 1.22 bits per heavy atom. The standard InChI is InChI=1S/C18H25N3O2/c1-4-5-8-11-19-17(22)16-14-9-6-7-10-15(14)18(23)21(20-16)12-13(2)3/h6-7,9-10,13H,4-5,8,11-12H2,1-3H3,(H,19,22). The van der Waals surface area contributed by atoms with Gasteiger partial charge in [0, 0.05) is 18.5 Å². The van der Waals surface area contributed by atoms with E-state index in [0.29, 0.717) is 29.6 Å². The Labute approximate surface area is 136 Å². The van der Waals surface area contributed by atoms with Crippen LogP contribution < -0.4 is 10.9 Å². The van der Waals surface area contributed by atoms with Gasteiger partial charge in [0.15, 0.2) is 5.69 Å². The smallest absolute Gasteiger partial charge is 0.274 e. The van der Waals surface area contributed by atoms with Gasteiger partial charge < -0.3 is 5.32 Å². The van der Waals surface area contributed by atoms with Gasteiger partial charge in [0.1, 0.15) is 0 Å². The molecule has 0 saturated heterocycles. The summed E-state index contributed by atoms with van der Waals surface area (Å²) in [7, 11) is 0. The van der Waals surface area contributed by atoms with Gasteiger partial charge in [-0.2, -0.15) is 5.10 Å². The Kier molecular flexibility index (Phi) is 5.90. The highest BCUT2D eigenvalue weighted by atomic mass is 16.2. The lowest BCUT2D eigenvalue weighted by Crippen LogP contribution is -2.32. The number of nitrogens with one attached hydrogen (secondary N) is 1. The molecule has 0 bridgehead atoms. The number of carbonyl (C=O) groups is 1. The fraction of sp³-hybridized carbons (Fsp3) is 0.500. The Morgan fingerprint density at radius 3 is 2.57 bits per heavy atom. The van der Waals surface area contributed by atoms with E-state index in [0.717, 1.165) is 19.3 Å². The van der Waals surface area contributed by atoms with Crippen LogP contribution >= 0.6 is 0 Å². The fourth-order valence-corrected chi connectivity index (χ4v) is 2.53. The number of hydrogen-bond acceptors (Lipinski definition) is 3. The number of nitrogens with zero attached hydrogens (tertiary/aromatic N) is 2. The Morgan fingerprint density at radius 2 is 1.91 bits per heavy atom. The van der Waals surface area contributed by atoms with Crippen LogP contribution in [0.5, 0.6) is 0 Å². The molecule has 1 N–H and O–H groups in total. The second-order valence-electron chi connectivity index (χ2n) is 6.24. The lowest BCUT2D eigenvalue weighted by Gasteiger charge is -2.12. The maximum Gasteiger partial charge on any atom is 0.274 e. The van der Waals surface area contributed by atoms with Crippen LogP contribution in [0.4, 0.5) is 0 Å². The molecule has 0 spiro atoms. The summed E-state index contributed by atoms with van der Waals surface area (Å²) < 4.78 is 1.41. The second-order valence-corrected chi connectivity index (χ2v) is 6.24. The number of unbranched alkanes of at least 4 members (excludes halogenated alkanes) is 2. The number of benzene rings is 1. The van der Waals surface area contributed by atoms with E-state index in [2.05, 4.69) is 17.3 Å². The number of amides is 1. The van der Waals surface area contributed by atoms with E-state index >= 15 is 0 Å². The van der Waals surface area contributed by atoms with Gasteiger partial charge in [-0.05, 0) is 18.4 Å². The highest BCUT2D eigenvalue weighted by Gasteiger charge is 2.16. The molecular formula is C18H25N3O2. The summed E-state index contributed by atoms with van der Waals surface area (Å²) in [5.41, 5.74) is 0.189. The summed E-state index contributed by atoms with van der Waals surface area (Å²) in [5, 5.41) is 8.40. The highest BCUT2D eigenvalue weighted by Crippen LogP contribution is 2.13. The van der Waals surface area contributed by atoms with Gasteiger partial charge in [-0.15, -0.1) is 0 Å². The van der Waals surface area contributed by atoms with Crippen molar-refractivity contribution in [3.8, 4) is 0 Å². The monoisotopic (exact) mass is 315 g/mol. The minimum Gasteiger partial charge on any atom is -0.351 e. The van der Waals surface area contributed by atoms with Gasteiger partial charge in [-0.1, -0.05) is 51.8 Å². The second kappa shape index (κ2) is 7.90. The predicted octanol–water partition coefficient (Wildman–Crippen LogP) is 2.97. The highest BCUT2D eigenvalue weighted by molar-refractivity contribution is 6.04. The Hall–Kier alpha value is -2.17. The average molecular weight is 315 g/mol. The third-order valence-electron chi connectivity index (χ3n) is 3.69. The fourth-order valence-electron chi connectivity index (χ4n) is 2.53. The summed E-state index contributed by atoms with van der Waals surface area (Å²) in [4.78, 5) is 25.0.